The number of hydrogen-bond acceptors (Lipinski definition) is 9. The quantitative estimate of drug-likeness (QED) is 0.205. The van der Waals surface area contributed by atoms with Gasteiger partial charge in [-0.1, -0.05) is 18.6 Å². The monoisotopic (exact) mass is 641 g/mol. The van der Waals surface area contributed by atoms with Crippen LogP contribution in [0.15, 0.2) is 35.6 Å². The molecule has 5 N–H and O–H groups in total. The number of ether oxygens (including phenoxy) is 3. The van der Waals surface area contributed by atoms with E-state index in [0.29, 0.717) is 32.4 Å². The highest BCUT2D eigenvalue weighted by atomic mass is 16.7. The fraction of sp³-hybridized carbons (Fsp3) is 0.811. The first-order valence-electron chi connectivity index (χ1n) is 18.1. The molecule has 0 aromatic heterocycles. The van der Waals surface area contributed by atoms with Gasteiger partial charge in [0.1, 0.15) is 12.7 Å². The van der Waals surface area contributed by atoms with Crippen LogP contribution < -0.4 is 5.32 Å². The minimum atomic E-state index is -0.989. The van der Waals surface area contributed by atoms with E-state index < -0.39 is 41.2 Å². The lowest BCUT2D eigenvalue weighted by Crippen LogP contribution is -2.70. The lowest BCUT2D eigenvalue weighted by atomic mass is 9.41. The van der Waals surface area contributed by atoms with Gasteiger partial charge in [0, 0.05) is 36.3 Å². The Morgan fingerprint density at radius 3 is 2.63 bits per heavy atom. The lowest BCUT2D eigenvalue weighted by molar-refractivity contribution is -0.292. The topological polar surface area (TPSA) is 138 Å². The summed E-state index contributed by atoms with van der Waals surface area (Å²) in [7, 11) is 0. The van der Waals surface area contributed by atoms with Gasteiger partial charge in [0.05, 0.1) is 29.5 Å². The van der Waals surface area contributed by atoms with E-state index in [1.165, 1.54) is 18.4 Å². The molecule has 1 saturated heterocycles. The Morgan fingerprint density at radius 1 is 1.07 bits per heavy atom. The molecule has 0 bridgehead atoms. The van der Waals surface area contributed by atoms with Crippen molar-refractivity contribution in [3.8, 4) is 0 Å². The Hall–Kier alpha value is -1.75. The van der Waals surface area contributed by atoms with Crippen LogP contribution in [0.3, 0.4) is 0 Å². The Labute approximate surface area is 273 Å². The standard InChI is InChI=1S/C37H55NO8/c1-23-33(41)30(39)19-32(45-23)46-26-8-14-35(22-38-17-12-24-6-4-3-5-7-24)28-9-13-34(2)27(25-18-31(40)44-21-25)11-16-37(34,43)29(28)10-15-36(35,42)20-26/h6,12,17-18,23,26-30,32-33,38-39,41-43H,3-5,7-11,13-16,19-22H2,1-2H3/b17-12+/t23-,26+,27+,28+,29-,30-,32+,33+,34-,35+,36+,37+/m1/s1. The molecule has 4 saturated carbocycles. The second-order valence-corrected chi connectivity index (χ2v) is 16.0. The number of nitrogens with one attached hydrogen (secondary N) is 1. The second kappa shape index (κ2) is 12.3. The molecule has 7 rings (SSSR count). The molecule has 5 fully saturated rings. The first kappa shape index (κ1) is 32.8. The van der Waals surface area contributed by atoms with Gasteiger partial charge in [0.2, 0.25) is 0 Å². The van der Waals surface area contributed by atoms with Gasteiger partial charge in [-0.15, -0.1) is 0 Å². The maximum absolute atomic E-state index is 12.8. The van der Waals surface area contributed by atoms with E-state index in [1.807, 2.05) is 0 Å². The van der Waals surface area contributed by atoms with Crippen molar-refractivity contribution in [2.24, 2.45) is 28.6 Å². The van der Waals surface area contributed by atoms with E-state index in [4.69, 9.17) is 14.2 Å². The van der Waals surface area contributed by atoms with Crippen LogP contribution in [0.5, 0.6) is 0 Å². The van der Waals surface area contributed by atoms with Gasteiger partial charge in [-0.3, -0.25) is 0 Å². The van der Waals surface area contributed by atoms with Gasteiger partial charge in [0.15, 0.2) is 6.29 Å². The van der Waals surface area contributed by atoms with Gasteiger partial charge < -0.3 is 40.0 Å². The number of carbonyl (C=O) groups excluding carboxylic acids is 1. The van der Waals surface area contributed by atoms with Crippen LogP contribution in [0.25, 0.3) is 0 Å². The molecule has 0 aromatic carbocycles. The average molecular weight is 642 g/mol. The van der Waals surface area contributed by atoms with Crippen molar-refractivity contribution in [3.63, 3.8) is 0 Å². The van der Waals surface area contributed by atoms with Crippen molar-refractivity contribution in [3.05, 3.63) is 35.6 Å². The highest BCUT2D eigenvalue weighted by Crippen LogP contribution is 2.70. The zero-order chi connectivity index (χ0) is 32.3. The summed E-state index contributed by atoms with van der Waals surface area (Å²) in [6.45, 7) is 4.95. The van der Waals surface area contributed by atoms with Crippen LogP contribution in [-0.2, 0) is 19.0 Å². The number of esters is 1. The smallest absolute Gasteiger partial charge is 0.331 e. The first-order chi connectivity index (χ1) is 22.0. The third-order valence-electron chi connectivity index (χ3n) is 13.9. The fourth-order valence-corrected chi connectivity index (χ4v) is 11.4. The number of aliphatic hydroxyl groups is 4. The molecule has 0 aromatic rings. The highest BCUT2D eigenvalue weighted by molar-refractivity contribution is 5.85. The summed E-state index contributed by atoms with van der Waals surface area (Å²) in [6.07, 6.45) is 16.6. The predicted molar refractivity (Wildman–Crippen MR) is 171 cm³/mol. The third kappa shape index (κ3) is 5.32. The molecule has 46 heavy (non-hydrogen) atoms. The van der Waals surface area contributed by atoms with Gasteiger partial charge in [-0.2, -0.15) is 0 Å². The summed E-state index contributed by atoms with van der Waals surface area (Å²) in [5.41, 5.74) is -0.258. The van der Waals surface area contributed by atoms with E-state index in [-0.39, 0.29) is 41.7 Å². The first-order valence-corrected chi connectivity index (χ1v) is 18.1. The Balaban J connectivity index is 1.14. The maximum atomic E-state index is 12.8. The third-order valence-corrected chi connectivity index (χ3v) is 13.9. The number of rotatable bonds is 7. The van der Waals surface area contributed by atoms with Crippen LogP contribution in [0.1, 0.15) is 104 Å². The van der Waals surface area contributed by atoms with Crippen molar-refractivity contribution < 1.29 is 39.4 Å². The van der Waals surface area contributed by atoms with Crippen molar-refractivity contribution in [2.75, 3.05) is 13.2 Å². The van der Waals surface area contributed by atoms with Crippen molar-refractivity contribution in [2.45, 2.75) is 146 Å². The van der Waals surface area contributed by atoms with Gasteiger partial charge >= 0.3 is 5.97 Å². The highest BCUT2D eigenvalue weighted by Gasteiger charge is 2.71. The zero-order valence-corrected chi connectivity index (χ0v) is 27.7. The number of carbonyl (C=O) groups is 1. The molecule has 2 heterocycles. The number of aliphatic hydroxyl groups excluding tert-OH is 2. The minimum absolute atomic E-state index is 0.0543. The molecule has 256 valence electrons. The van der Waals surface area contributed by atoms with Crippen molar-refractivity contribution in [1.29, 1.82) is 0 Å². The Bertz CT molecular complexity index is 1250. The molecule has 0 unspecified atom stereocenters. The summed E-state index contributed by atoms with van der Waals surface area (Å²) in [5, 5.41) is 49.7. The van der Waals surface area contributed by atoms with Gasteiger partial charge in [0.25, 0.3) is 0 Å². The molecule has 0 radical (unpaired) electrons. The van der Waals surface area contributed by atoms with Crippen molar-refractivity contribution >= 4 is 5.97 Å². The van der Waals surface area contributed by atoms with Crippen LogP contribution in [0.2, 0.25) is 0 Å². The van der Waals surface area contributed by atoms with Crippen molar-refractivity contribution in [1.82, 2.24) is 5.32 Å². The van der Waals surface area contributed by atoms with Crippen LogP contribution in [0.4, 0.5) is 0 Å². The maximum Gasteiger partial charge on any atom is 0.331 e. The summed E-state index contributed by atoms with van der Waals surface area (Å²) < 4.78 is 17.6. The zero-order valence-electron chi connectivity index (χ0n) is 27.7. The molecule has 12 atom stereocenters. The summed E-state index contributed by atoms with van der Waals surface area (Å²) in [5.74, 6) is 0.0449. The molecule has 5 aliphatic carbocycles. The molecule has 7 aliphatic rings. The number of allylic oxidation sites excluding steroid dienone is 3. The SMILES string of the molecule is C[C@H]1O[C@@H](O[C@H]2CC[C@]3(CN/C=C/C4=CCCCC4)[C@H]4CC[C@]5(C)[C@H](C6=CC(=O)OC6)CC[C@]5(O)[C@@H]4CC[C@]3(O)C2)C[C@@H](O)[C@H]1O. The van der Waals surface area contributed by atoms with E-state index in [2.05, 4.69) is 30.6 Å². The van der Waals surface area contributed by atoms with Crippen LogP contribution in [-0.4, -0.2) is 81.5 Å². The fourth-order valence-electron chi connectivity index (χ4n) is 11.4. The Morgan fingerprint density at radius 2 is 1.89 bits per heavy atom. The van der Waals surface area contributed by atoms with E-state index >= 15 is 0 Å². The van der Waals surface area contributed by atoms with Gasteiger partial charge in [-0.25, -0.2) is 4.79 Å². The number of fused-ring (bicyclic) bond motifs is 5. The summed E-state index contributed by atoms with van der Waals surface area (Å²) in [6, 6.07) is 0. The summed E-state index contributed by atoms with van der Waals surface area (Å²) in [4.78, 5) is 12.0. The molecule has 0 amide bonds. The lowest BCUT2D eigenvalue weighted by Gasteiger charge is -2.67. The predicted octanol–water partition coefficient (Wildman–Crippen LogP) is 4.18. The number of hydrogen-bond donors (Lipinski definition) is 5. The number of cyclic esters (lactones) is 1. The molecule has 2 aliphatic heterocycles. The molecular formula is C37H55NO8. The molecular weight excluding hydrogens is 586 g/mol. The molecule has 9 nitrogen and oxygen atoms in total. The van der Waals surface area contributed by atoms with Crippen LogP contribution >= 0.6 is 0 Å². The normalized spacial score (nSPS) is 49.0. The van der Waals surface area contributed by atoms with E-state index in [1.54, 1.807) is 13.0 Å². The van der Waals surface area contributed by atoms with Gasteiger partial charge in [-0.05, 0) is 120 Å². The molecule has 9 heteroatoms. The van der Waals surface area contributed by atoms with E-state index in [0.717, 1.165) is 56.9 Å². The minimum Gasteiger partial charge on any atom is -0.458 e. The molecule has 0 spiro atoms. The van der Waals surface area contributed by atoms with Crippen LogP contribution in [0, 0.1) is 28.6 Å². The average Bonchev–Trinajstić information content (AvgIpc) is 3.58. The summed E-state index contributed by atoms with van der Waals surface area (Å²) >= 11 is 0. The van der Waals surface area contributed by atoms with E-state index in [9.17, 15) is 25.2 Å². The Kier molecular flexibility index (Phi) is 8.76. The second-order valence-electron chi connectivity index (χ2n) is 16.0. The largest absolute Gasteiger partial charge is 0.458 e.